The Morgan fingerprint density at radius 2 is 1.61 bits per heavy atom. The lowest BCUT2D eigenvalue weighted by Gasteiger charge is -2.18. The average Bonchev–Trinajstić information content (AvgIpc) is 3.31. The number of aromatic nitrogens is 5. The van der Waals surface area contributed by atoms with Crippen molar-refractivity contribution in [3.8, 4) is 22.8 Å². The van der Waals surface area contributed by atoms with E-state index in [2.05, 4.69) is 35.2 Å². The molecule has 38 heavy (non-hydrogen) atoms. The van der Waals surface area contributed by atoms with Crippen LogP contribution in [0.25, 0.3) is 33.8 Å². The van der Waals surface area contributed by atoms with E-state index >= 15 is 0 Å². The number of anilines is 1. The van der Waals surface area contributed by atoms with E-state index in [-0.39, 0.29) is 11.9 Å². The topological polar surface area (TPSA) is 68.5 Å². The van der Waals surface area contributed by atoms with Gasteiger partial charge in [0, 0.05) is 36.6 Å². The number of benzene rings is 2. The smallest absolute Gasteiger partial charge is 0.363 e. The number of imidazole rings is 1. The molecule has 0 aliphatic heterocycles. The van der Waals surface area contributed by atoms with Gasteiger partial charge in [0.15, 0.2) is 17.2 Å². The normalized spacial score (nSPS) is 12.7. The van der Waals surface area contributed by atoms with Crippen molar-refractivity contribution >= 4 is 16.9 Å². The van der Waals surface area contributed by atoms with E-state index in [0.717, 1.165) is 28.3 Å². The summed E-state index contributed by atoms with van der Waals surface area (Å²) in [6, 6.07) is 19.0. The van der Waals surface area contributed by atoms with Crippen LogP contribution in [-0.4, -0.2) is 24.5 Å². The van der Waals surface area contributed by atoms with Gasteiger partial charge in [0.2, 0.25) is 0 Å². The average molecular weight is 517 g/mol. The van der Waals surface area contributed by atoms with Crippen LogP contribution in [0, 0.1) is 0 Å². The van der Waals surface area contributed by atoms with Gasteiger partial charge in [0.05, 0.1) is 5.39 Å². The Hall–Kier alpha value is -4.27. The summed E-state index contributed by atoms with van der Waals surface area (Å²) < 4.78 is 40.6. The molecule has 3 heterocycles. The zero-order chi connectivity index (χ0) is 27.0. The van der Waals surface area contributed by atoms with Gasteiger partial charge in [-0.05, 0) is 36.1 Å². The number of rotatable bonds is 6. The molecule has 0 aliphatic carbocycles. The first kappa shape index (κ1) is 25.4. The molecule has 0 saturated heterocycles. The summed E-state index contributed by atoms with van der Waals surface area (Å²) in [5.74, 6) is 1.81. The van der Waals surface area contributed by atoms with Gasteiger partial charge in [0.25, 0.3) is 0 Å². The van der Waals surface area contributed by atoms with E-state index in [1.54, 1.807) is 25.4 Å². The lowest BCUT2D eigenvalue weighted by Crippen LogP contribution is -2.10. The Morgan fingerprint density at radius 3 is 2.29 bits per heavy atom. The first-order chi connectivity index (χ1) is 18.1. The standard InChI is InChI=1S/C29H27F3N6/c1-17(2)21-8-5-6-9-22(21)26-36-25-23(10-7-15-33-25)27(37-26)34-18(3)19-11-13-20(14-12-19)28-35-24(16-38(28)4)29(30,31)32/h5-18H,1-4H3,(H,33,34,36,37)/t18-/m1/s1. The van der Waals surface area contributed by atoms with Crippen LogP contribution in [0.3, 0.4) is 0 Å². The molecular formula is C29H27F3N6. The van der Waals surface area contributed by atoms with Crippen molar-refractivity contribution in [2.24, 2.45) is 7.05 Å². The highest BCUT2D eigenvalue weighted by atomic mass is 19.4. The van der Waals surface area contributed by atoms with Crippen LogP contribution >= 0.6 is 0 Å². The molecule has 2 aromatic carbocycles. The molecule has 5 rings (SSSR count). The Kier molecular flexibility index (Phi) is 6.60. The first-order valence-corrected chi connectivity index (χ1v) is 12.3. The van der Waals surface area contributed by atoms with Crippen molar-refractivity contribution in [2.75, 3.05) is 5.32 Å². The van der Waals surface area contributed by atoms with E-state index < -0.39 is 11.9 Å². The third-order valence-electron chi connectivity index (χ3n) is 6.48. The fraction of sp³-hybridized carbons (Fsp3) is 0.241. The van der Waals surface area contributed by atoms with Crippen LogP contribution < -0.4 is 5.32 Å². The molecule has 0 fully saturated rings. The predicted octanol–water partition coefficient (Wildman–Crippen LogP) is 7.41. The SMILES string of the molecule is CC(C)c1ccccc1-c1nc(N[C@H](C)c2ccc(-c3nc(C(F)(F)F)cn3C)cc2)c2cccnc2n1. The lowest BCUT2D eigenvalue weighted by molar-refractivity contribution is -0.140. The molecule has 0 aliphatic rings. The van der Waals surface area contributed by atoms with Crippen LogP contribution in [0.1, 0.15) is 49.6 Å². The van der Waals surface area contributed by atoms with Crippen molar-refractivity contribution in [1.29, 1.82) is 0 Å². The number of pyridine rings is 1. The summed E-state index contributed by atoms with van der Waals surface area (Å²) in [5.41, 5.74) is 3.34. The minimum Gasteiger partial charge on any atom is -0.363 e. The highest BCUT2D eigenvalue weighted by molar-refractivity contribution is 5.88. The van der Waals surface area contributed by atoms with Crippen molar-refractivity contribution in [1.82, 2.24) is 24.5 Å². The minimum absolute atomic E-state index is 0.150. The second-order valence-electron chi connectivity index (χ2n) is 9.56. The van der Waals surface area contributed by atoms with Crippen molar-refractivity contribution in [2.45, 2.75) is 38.9 Å². The molecule has 0 saturated carbocycles. The fourth-order valence-electron chi connectivity index (χ4n) is 4.48. The van der Waals surface area contributed by atoms with Crippen LogP contribution in [0.4, 0.5) is 19.0 Å². The van der Waals surface area contributed by atoms with Crippen LogP contribution in [-0.2, 0) is 13.2 Å². The van der Waals surface area contributed by atoms with Gasteiger partial charge in [-0.3, -0.25) is 0 Å². The van der Waals surface area contributed by atoms with Crippen molar-refractivity contribution in [3.05, 3.63) is 89.9 Å². The van der Waals surface area contributed by atoms with Crippen LogP contribution in [0.5, 0.6) is 0 Å². The Labute approximate surface area is 218 Å². The molecule has 0 radical (unpaired) electrons. The molecule has 194 valence electrons. The van der Waals surface area contributed by atoms with E-state index in [9.17, 15) is 13.2 Å². The predicted molar refractivity (Wildman–Crippen MR) is 143 cm³/mol. The fourth-order valence-corrected chi connectivity index (χ4v) is 4.48. The van der Waals surface area contributed by atoms with Crippen molar-refractivity contribution < 1.29 is 13.2 Å². The second kappa shape index (κ2) is 9.89. The highest BCUT2D eigenvalue weighted by Crippen LogP contribution is 2.33. The number of hydrogen-bond acceptors (Lipinski definition) is 5. The molecular weight excluding hydrogens is 489 g/mol. The zero-order valence-electron chi connectivity index (χ0n) is 21.5. The first-order valence-electron chi connectivity index (χ1n) is 12.3. The molecule has 9 heteroatoms. The zero-order valence-corrected chi connectivity index (χ0v) is 21.5. The molecule has 0 bridgehead atoms. The van der Waals surface area contributed by atoms with Gasteiger partial charge >= 0.3 is 6.18 Å². The van der Waals surface area contributed by atoms with Gasteiger partial charge in [-0.1, -0.05) is 62.4 Å². The van der Waals surface area contributed by atoms with Gasteiger partial charge in [-0.25, -0.2) is 19.9 Å². The lowest BCUT2D eigenvalue weighted by atomic mass is 9.97. The van der Waals surface area contributed by atoms with E-state index in [0.29, 0.717) is 28.8 Å². The van der Waals surface area contributed by atoms with Crippen LogP contribution in [0.2, 0.25) is 0 Å². The van der Waals surface area contributed by atoms with Crippen LogP contribution in [0.15, 0.2) is 73.1 Å². The maximum Gasteiger partial charge on any atom is 0.434 e. The number of nitrogens with zero attached hydrogens (tertiary/aromatic N) is 5. The number of halogens is 3. The molecule has 3 aromatic heterocycles. The minimum atomic E-state index is -4.49. The Bertz CT molecular complexity index is 1590. The highest BCUT2D eigenvalue weighted by Gasteiger charge is 2.34. The van der Waals surface area contributed by atoms with E-state index in [1.165, 1.54) is 4.57 Å². The second-order valence-corrected chi connectivity index (χ2v) is 9.56. The maximum atomic E-state index is 13.1. The Morgan fingerprint density at radius 1 is 0.868 bits per heavy atom. The quantitative estimate of drug-likeness (QED) is 0.255. The van der Waals surface area contributed by atoms with Gasteiger partial charge < -0.3 is 9.88 Å². The summed E-state index contributed by atoms with van der Waals surface area (Å²) >= 11 is 0. The summed E-state index contributed by atoms with van der Waals surface area (Å²) in [6.45, 7) is 6.28. The van der Waals surface area contributed by atoms with E-state index in [1.807, 2.05) is 49.4 Å². The molecule has 1 atom stereocenters. The molecule has 0 spiro atoms. The monoisotopic (exact) mass is 516 g/mol. The third kappa shape index (κ3) is 4.96. The maximum absolute atomic E-state index is 13.1. The van der Waals surface area contributed by atoms with E-state index in [4.69, 9.17) is 9.97 Å². The van der Waals surface area contributed by atoms with Gasteiger partial charge in [-0.15, -0.1) is 0 Å². The van der Waals surface area contributed by atoms with Gasteiger partial charge in [-0.2, -0.15) is 13.2 Å². The molecule has 0 amide bonds. The summed E-state index contributed by atoms with van der Waals surface area (Å²) in [4.78, 5) is 17.9. The molecule has 5 aromatic rings. The number of hydrogen-bond donors (Lipinski definition) is 1. The largest absolute Gasteiger partial charge is 0.434 e. The molecule has 1 N–H and O–H groups in total. The van der Waals surface area contributed by atoms with Crippen molar-refractivity contribution in [3.63, 3.8) is 0 Å². The summed E-state index contributed by atoms with van der Waals surface area (Å²) in [7, 11) is 1.55. The third-order valence-corrected chi connectivity index (χ3v) is 6.48. The Balaban J connectivity index is 1.47. The summed E-state index contributed by atoms with van der Waals surface area (Å²) in [6.07, 6.45) is -1.78. The number of nitrogens with one attached hydrogen (secondary N) is 1. The van der Waals surface area contributed by atoms with Gasteiger partial charge in [0.1, 0.15) is 11.6 Å². The molecule has 0 unspecified atom stereocenters. The number of fused-ring (bicyclic) bond motifs is 1. The number of aryl methyl sites for hydroxylation is 1. The summed E-state index contributed by atoms with van der Waals surface area (Å²) in [5, 5.41) is 4.29. The molecule has 6 nitrogen and oxygen atoms in total. The number of alkyl halides is 3.